The Morgan fingerprint density at radius 3 is 2.68 bits per heavy atom. The molecule has 1 unspecified atom stereocenters. The van der Waals surface area contributed by atoms with Crippen LogP contribution in [0.2, 0.25) is 0 Å². The van der Waals surface area contributed by atoms with E-state index in [0.29, 0.717) is 13.0 Å². The summed E-state index contributed by atoms with van der Waals surface area (Å²) >= 11 is 1.55. The molecule has 1 aromatic heterocycles. The fourth-order valence-electron chi connectivity index (χ4n) is 1.52. The van der Waals surface area contributed by atoms with E-state index in [0.717, 1.165) is 23.0 Å². The monoisotopic (exact) mass is 283 g/mol. The molecule has 0 aliphatic heterocycles. The molecule has 6 heteroatoms. The van der Waals surface area contributed by atoms with E-state index in [-0.39, 0.29) is 12.0 Å². The van der Waals surface area contributed by atoms with Crippen LogP contribution >= 0.6 is 11.8 Å². The second-order valence-corrected chi connectivity index (χ2v) is 5.10. The van der Waals surface area contributed by atoms with Gasteiger partial charge in [0.1, 0.15) is 6.04 Å². The van der Waals surface area contributed by atoms with Crippen LogP contribution < -0.4 is 5.32 Å². The Balaban J connectivity index is 2.39. The van der Waals surface area contributed by atoms with E-state index >= 15 is 0 Å². The summed E-state index contributed by atoms with van der Waals surface area (Å²) < 4.78 is 5.03. The van der Waals surface area contributed by atoms with Crippen LogP contribution in [-0.4, -0.2) is 40.9 Å². The van der Waals surface area contributed by atoms with E-state index in [1.807, 2.05) is 20.8 Å². The van der Waals surface area contributed by atoms with Crippen molar-refractivity contribution in [3.8, 4) is 0 Å². The van der Waals surface area contributed by atoms with Crippen molar-refractivity contribution in [2.45, 2.75) is 38.4 Å². The molecule has 0 fully saturated rings. The third kappa shape index (κ3) is 6.02. The predicted octanol–water partition coefficient (Wildman–Crippen LogP) is 1.81. The topological polar surface area (TPSA) is 64.1 Å². The average Bonchev–Trinajstić information content (AvgIpc) is 2.40. The quantitative estimate of drug-likeness (QED) is 0.446. The van der Waals surface area contributed by atoms with Crippen molar-refractivity contribution in [1.29, 1.82) is 0 Å². The standard InChI is InChI=1S/C13H21N3O2S/c1-4-14-11(12(17)18-5-2)6-7-19-13-15-8-10(3)9-16-13/h8-9,11,14H,4-7H2,1-3H3. The van der Waals surface area contributed by atoms with Crippen molar-refractivity contribution in [3.63, 3.8) is 0 Å². The Labute approximate surface area is 118 Å². The van der Waals surface area contributed by atoms with Gasteiger partial charge in [-0.05, 0) is 32.4 Å². The van der Waals surface area contributed by atoms with Gasteiger partial charge >= 0.3 is 5.97 Å². The predicted molar refractivity (Wildman–Crippen MR) is 76.2 cm³/mol. The fourth-order valence-corrected chi connectivity index (χ4v) is 2.31. The molecule has 0 radical (unpaired) electrons. The van der Waals surface area contributed by atoms with Gasteiger partial charge in [0.15, 0.2) is 5.16 Å². The second kappa shape index (κ2) is 8.87. The SMILES string of the molecule is CCNC(CCSc1ncc(C)cn1)C(=O)OCC. The van der Waals surface area contributed by atoms with Gasteiger partial charge in [0.05, 0.1) is 6.61 Å². The molecule has 19 heavy (non-hydrogen) atoms. The maximum Gasteiger partial charge on any atom is 0.323 e. The molecule has 0 amide bonds. The van der Waals surface area contributed by atoms with E-state index in [4.69, 9.17) is 4.74 Å². The lowest BCUT2D eigenvalue weighted by Crippen LogP contribution is -2.38. The lowest BCUT2D eigenvalue weighted by molar-refractivity contribution is -0.145. The van der Waals surface area contributed by atoms with E-state index in [1.165, 1.54) is 0 Å². The van der Waals surface area contributed by atoms with Crippen molar-refractivity contribution < 1.29 is 9.53 Å². The minimum Gasteiger partial charge on any atom is -0.465 e. The highest BCUT2D eigenvalue weighted by molar-refractivity contribution is 7.99. The molecule has 0 saturated heterocycles. The van der Waals surface area contributed by atoms with Gasteiger partial charge in [-0.1, -0.05) is 18.7 Å². The minimum absolute atomic E-state index is 0.185. The van der Waals surface area contributed by atoms with E-state index < -0.39 is 0 Å². The smallest absolute Gasteiger partial charge is 0.323 e. The summed E-state index contributed by atoms with van der Waals surface area (Å²) in [6.07, 6.45) is 4.29. The first-order chi connectivity index (χ1) is 9.17. The summed E-state index contributed by atoms with van der Waals surface area (Å²) in [5, 5.41) is 3.87. The molecule has 106 valence electrons. The van der Waals surface area contributed by atoms with Gasteiger partial charge in [-0.25, -0.2) is 9.97 Å². The van der Waals surface area contributed by atoms with Crippen molar-refractivity contribution in [2.24, 2.45) is 0 Å². The second-order valence-electron chi connectivity index (χ2n) is 4.04. The van der Waals surface area contributed by atoms with Crippen LogP contribution in [0.1, 0.15) is 25.8 Å². The van der Waals surface area contributed by atoms with E-state index in [2.05, 4.69) is 15.3 Å². The van der Waals surface area contributed by atoms with Gasteiger partial charge < -0.3 is 10.1 Å². The van der Waals surface area contributed by atoms with Gasteiger partial charge in [0, 0.05) is 18.1 Å². The maximum absolute atomic E-state index is 11.7. The summed E-state index contributed by atoms with van der Waals surface area (Å²) in [5.41, 5.74) is 1.04. The number of aryl methyl sites for hydroxylation is 1. The molecule has 0 saturated carbocycles. The first kappa shape index (κ1) is 15.9. The number of carbonyl (C=O) groups is 1. The van der Waals surface area contributed by atoms with Crippen LogP contribution in [0.3, 0.4) is 0 Å². The summed E-state index contributed by atoms with van der Waals surface area (Å²) in [4.78, 5) is 20.1. The minimum atomic E-state index is -0.247. The molecule has 0 aliphatic rings. The lowest BCUT2D eigenvalue weighted by atomic mass is 10.2. The number of likely N-dealkylation sites (N-methyl/N-ethyl adjacent to an activating group) is 1. The van der Waals surface area contributed by atoms with Gasteiger partial charge in [-0.2, -0.15) is 0 Å². The Morgan fingerprint density at radius 2 is 2.11 bits per heavy atom. The van der Waals surface area contributed by atoms with Gasteiger partial charge in [-0.15, -0.1) is 0 Å². The van der Waals surface area contributed by atoms with Crippen molar-refractivity contribution in [2.75, 3.05) is 18.9 Å². The van der Waals surface area contributed by atoms with Crippen LogP contribution in [0.15, 0.2) is 17.6 Å². The number of hydrogen-bond acceptors (Lipinski definition) is 6. The molecule has 1 rings (SSSR count). The zero-order chi connectivity index (χ0) is 14.1. The van der Waals surface area contributed by atoms with Crippen LogP contribution in [0.25, 0.3) is 0 Å². The first-order valence-electron chi connectivity index (χ1n) is 6.48. The molecule has 0 bridgehead atoms. The fraction of sp³-hybridized carbons (Fsp3) is 0.615. The summed E-state index contributed by atoms with van der Waals surface area (Å²) in [6, 6.07) is -0.247. The number of esters is 1. The molecular weight excluding hydrogens is 262 g/mol. The van der Waals surface area contributed by atoms with Crippen LogP contribution in [0.4, 0.5) is 0 Å². The molecule has 5 nitrogen and oxygen atoms in total. The van der Waals surface area contributed by atoms with Crippen LogP contribution in [0.5, 0.6) is 0 Å². The Bertz CT molecular complexity index is 384. The van der Waals surface area contributed by atoms with Crippen molar-refractivity contribution in [1.82, 2.24) is 15.3 Å². The molecule has 1 atom stereocenters. The molecule has 1 aromatic rings. The number of rotatable bonds is 8. The number of aromatic nitrogens is 2. The number of nitrogens with zero attached hydrogens (tertiary/aromatic N) is 2. The van der Waals surface area contributed by atoms with Crippen molar-refractivity contribution in [3.05, 3.63) is 18.0 Å². The van der Waals surface area contributed by atoms with Crippen LogP contribution in [-0.2, 0) is 9.53 Å². The van der Waals surface area contributed by atoms with E-state index in [1.54, 1.807) is 24.2 Å². The Hall–Kier alpha value is -1.14. The number of carbonyl (C=O) groups excluding carboxylic acids is 1. The molecule has 0 spiro atoms. The average molecular weight is 283 g/mol. The number of ether oxygens (including phenoxy) is 1. The van der Waals surface area contributed by atoms with E-state index in [9.17, 15) is 4.79 Å². The van der Waals surface area contributed by atoms with Gasteiger partial charge in [-0.3, -0.25) is 4.79 Å². The first-order valence-corrected chi connectivity index (χ1v) is 7.47. The Morgan fingerprint density at radius 1 is 1.42 bits per heavy atom. The summed E-state index contributed by atoms with van der Waals surface area (Å²) in [7, 11) is 0. The van der Waals surface area contributed by atoms with Gasteiger partial charge in [0.25, 0.3) is 0 Å². The maximum atomic E-state index is 11.7. The highest BCUT2D eigenvalue weighted by Gasteiger charge is 2.18. The summed E-state index contributed by atoms with van der Waals surface area (Å²) in [6.45, 7) is 6.90. The number of hydrogen-bond donors (Lipinski definition) is 1. The van der Waals surface area contributed by atoms with Crippen molar-refractivity contribution >= 4 is 17.7 Å². The number of thioether (sulfide) groups is 1. The number of nitrogens with one attached hydrogen (secondary N) is 1. The normalized spacial score (nSPS) is 12.2. The Kier molecular flexibility index (Phi) is 7.43. The lowest BCUT2D eigenvalue weighted by Gasteiger charge is -2.15. The highest BCUT2D eigenvalue weighted by atomic mass is 32.2. The third-order valence-corrected chi connectivity index (χ3v) is 3.33. The van der Waals surface area contributed by atoms with Crippen LogP contribution in [0, 0.1) is 6.92 Å². The largest absolute Gasteiger partial charge is 0.465 e. The highest BCUT2D eigenvalue weighted by Crippen LogP contribution is 2.14. The molecule has 1 N–H and O–H groups in total. The molecule has 0 aromatic carbocycles. The zero-order valence-electron chi connectivity index (χ0n) is 11.7. The molecule has 1 heterocycles. The zero-order valence-corrected chi connectivity index (χ0v) is 12.5. The molecule has 0 aliphatic carbocycles. The van der Waals surface area contributed by atoms with Gasteiger partial charge in [0.2, 0.25) is 0 Å². The molecular formula is C13H21N3O2S. The third-order valence-electron chi connectivity index (χ3n) is 2.42. The summed E-state index contributed by atoms with van der Waals surface area (Å²) in [5.74, 6) is 0.592.